The highest BCUT2D eigenvalue weighted by Gasteiger charge is 2.35. The quantitative estimate of drug-likeness (QED) is 0.700. The first-order chi connectivity index (χ1) is 7.79. The van der Waals surface area contributed by atoms with Crippen molar-refractivity contribution in [3.63, 3.8) is 0 Å². The van der Waals surface area contributed by atoms with Crippen molar-refractivity contribution in [2.75, 3.05) is 4.90 Å². The molecule has 5 heteroatoms. The van der Waals surface area contributed by atoms with Crippen LogP contribution in [0.4, 0.5) is 10.1 Å². The molecule has 2 aliphatic rings. The molecule has 0 bridgehead atoms. The zero-order chi connectivity index (χ0) is 11.1. The number of nitrogens with zero attached hydrogens (tertiary/aromatic N) is 3. The van der Waals surface area contributed by atoms with Crippen molar-refractivity contribution in [1.29, 1.82) is 5.26 Å². The maximum Gasteiger partial charge on any atom is 0.220 e. The van der Waals surface area contributed by atoms with Crippen molar-refractivity contribution in [1.82, 2.24) is 0 Å². The summed E-state index contributed by atoms with van der Waals surface area (Å²) in [5, 5.41) is 9.01. The molecule has 1 aliphatic carbocycles. The van der Waals surface area contributed by atoms with E-state index < -0.39 is 0 Å². The molecule has 16 heavy (non-hydrogen) atoms. The highest BCUT2D eigenvalue weighted by atomic mass is 32.2. The summed E-state index contributed by atoms with van der Waals surface area (Å²) in [5.74, 6) is 0.157. The van der Waals surface area contributed by atoms with Crippen molar-refractivity contribution in [2.24, 2.45) is 4.40 Å². The molecule has 1 aromatic rings. The van der Waals surface area contributed by atoms with Gasteiger partial charge in [0.1, 0.15) is 11.9 Å². The van der Waals surface area contributed by atoms with E-state index in [9.17, 15) is 4.39 Å². The molecule has 1 aliphatic heterocycles. The Morgan fingerprint density at radius 1 is 1.50 bits per heavy atom. The first-order valence-electron chi connectivity index (χ1n) is 5.03. The maximum absolute atomic E-state index is 13.1. The topological polar surface area (TPSA) is 39.4 Å². The Balaban J connectivity index is 2.09. The zero-order valence-corrected chi connectivity index (χ0v) is 9.17. The number of hydrogen-bond acceptors (Lipinski definition) is 4. The Labute approximate surface area is 96.7 Å². The molecule has 0 aromatic heterocycles. The predicted octanol–water partition coefficient (Wildman–Crippen LogP) is 2.74. The fourth-order valence-corrected chi connectivity index (χ4v) is 2.53. The lowest BCUT2D eigenvalue weighted by Gasteiger charge is -2.27. The molecule has 0 N–H and O–H groups in total. The summed E-state index contributed by atoms with van der Waals surface area (Å²) in [6.07, 6.45) is 2.14. The van der Waals surface area contributed by atoms with Crippen LogP contribution in [0.2, 0.25) is 0 Å². The van der Waals surface area contributed by atoms with Gasteiger partial charge in [0.25, 0.3) is 0 Å². The third-order valence-electron chi connectivity index (χ3n) is 2.65. The molecule has 3 nitrogen and oxygen atoms in total. The van der Waals surface area contributed by atoms with E-state index >= 15 is 0 Å². The average molecular weight is 233 g/mol. The average Bonchev–Trinajstić information content (AvgIpc) is 3.11. The van der Waals surface area contributed by atoms with Crippen molar-refractivity contribution in [2.45, 2.75) is 23.8 Å². The molecule has 0 spiro atoms. The molecular weight excluding hydrogens is 225 g/mol. The lowest BCUT2D eigenvalue weighted by Crippen LogP contribution is -2.33. The number of benzene rings is 1. The summed E-state index contributed by atoms with van der Waals surface area (Å²) in [6, 6.07) is 7.07. The van der Waals surface area contributed by atoms with Crippen LogP contribution in [0.15, 0.2) is 27.5 Å². The first-order valence-corrected chi connectivity index (χ1v) is 5.81. The number of halogens is 1. The Morgan fingerprint density at radius 2 is 2.31 bits per heavy atom. The SMILES string of the molecule is N#CC1=NSc2cc(F)ccc2N1C1CC1. The lowest BCUT2D eigenvalue weighted by molar-refractivity contribution is 0.624. The molecule has 1 heterocycles. The highest BCUT2D eigenvalue weighted by Crippen LogP contribution is 2.41. The summed E-state index contributed by atoms with van der Waals surface area (Å²) >= 11 is 1.17. The minimum absolute atomic E-state index is 0.266. The van der Waals surface area contributed by atoms with Gasteiger partial charge < -0.3 is 4.90 Å². The van der Waals surface area contributed by atoms with Gasteiger partial charge in [0.05, 0.1) is 10.6 Å². The van der Waals surface area contributed by atoms with Crippen molar-refractivity contribution >= 4 is 23.5 Å². The van der Waals surface area contributed by atoms with Crippen LogP contribution in [-0.2, 0) is 0 Å². The number of anilines is 1. The summed E-state index contributed by atoms with van der Waals surface area (Å²) in [7, 11) is 0. The standard InChI is InChI=1S/C11H8FN3S/c12-7-1-4-9-10(5-7)16-14-11(6-13)15(9)8-2-3-8/h1,4-5,8H,2-3H2. The van der Waals surface area contributed by atoms with E-state index in [1.807, 2.05) is 4.90 Å². The Bertz CT molecular complexity index is 516. The van der Waals surface area contributed by atoms with Crippen LogP contribution in [0.3, 0.4) is 0 Å². The molecule has 1 fully saturated rings. The van der Waals surface area contributed by atoms with E-state index in [4.69, 9.17) is 5.26 Å². The van der Waals surface area contributed by atoms with Crippen LogP contribution in [0.25, 0.3) is 0 Å². The first kappa shape index (κ1) is 9.67. The third kappa shape index (κ3) is 1.46. The van der Waals surface area contributed by atoms with Crippen LogP contribution in [0.1, 0.15) is 12.8 Å². The molecule has 0 unspecified atom stereocenters. The molecule has 0 amide bonds. The lowest BCUT2D eigenvalue weighted by atomic mass is 10.2. The molecule has 1 saturated carbocycles. The normalized spacial score (nSPS) is 18.8. The monoisotopic (exact) mass is 233 g/mol. The van der Waals surface area contributed by atoms with Gasteiger partial charge in [0, 0.05) is 18.0 Å². The van der Waals surface area contributed by atoms with Gasteiger partial charge in [-0.3, -0.25) is 0 Å². The minimum Gasteiger partial charge on any atom is -0.313 e. The minimum atomic E-state index is -0.266. The van der Waals surface area contributed by atoms with E-state index in [2.05, 4.69) is 10.5 Å². The second-order valence-corrected chi connectivity index (χ2v) is 4.64. The smallest absolute Gasteiger partial charge is 0.220 e. The molecule has 1 aromatic carbocycles. The van der Waals surface area contributed by atoms with E-state index in [1.54, 1.807) is 6.07 Å². The van der Waals surface area contributed by atoms with Crippen LogP contribution >= 0.6 is 11.9 Å². The van der Waals surface area contributed by atoms with E-state index in [0.717, 1.165) is 23.4 Å². The van der Waals surface area contributed by atoms with Crippen molar-refractivity contribution in [3.05, 3.63) is 24.0 Å². The molecule has 0 atom stereocenters. The van der Waals surface area contributed by atoms with Gasteiger partial charge in [0.2, 0.25) is 5.84 Å². The Kier molecular flexibility index (Phi) is 2.11. The van der Waals surface area contributed by atoms with Gasteiger partial charge in [-0.1, -0.05) is 0 Å². The Morgan fingerprint density at radius 3 is 3.00 bits per heavy atom. The molecule has 0 radical (unpaired) electrons. The molecular formula is C11H8FN3S. The Hall–Kier alpha value is -1.54. The number of amidine groups is 1. The van der Waals surface area contributed by atoms with Crippen LogP contribution in [0, 0.1) is 17.1 Å². The van der Waals surface area contributed by atoms with Crippen molar-refractivity contribution < 1.29 is 4.39 Å². The summed E-state index contributed by atoms with van der Waals surface area (Å²) in [6.45, 7) is 0. The number of fused-ring (bicyclic) bond motifs is 1. The number of nitriles is 1. The molecule has 0 saturated heterocycles. The number of rotatable bonds is 1. The maximum atomic E-state index is 13.1. The van der Waals surface area contributed by atoms with E-state index in [1.165, 1.54) is 24.1 Å². The summed E-state index contributed by atoms with van der Waals surface area (Å²) in [5.41, 5.74) is 0.903. The highest BCUT2D eigenvalue weighted by molar-refractivity contribution is 7.98. The fourth-order valence-electron chi connectivity index (χ4n) is 1.79. The predicted molar refractivity (Wildman–Crippen MR) is 60.8 cm³/mol. The second-order valence-electron chi connectivity index (χ2n) is 3.83. The van der Waals surface area contributed by atoms with Crippen LogP contribution < -0.4 is 4.90 Å². The van der Waals surface area contributed by atoms with Gasteiger partial charge in [-0.05, 0) is 31.0 Å². The summed E-state index contributed by atoms with van der Waals surface area (Å²) < 4.78 is 17.2. The van der Waals surface area contributed by atoms with Gasteiger partial charge in [-0.2, -0.15) is 9.66 Å². The van der Waals surface area contributed by atoms with E-state index in [-0.39, 0.29) is 5.82 Å². The van der Waals surface area contributed by atoms with Crippen LogP contribution in [-0.4, -0.2) is 11.9 Å². The molecule has 3 rings (SSSR count). The van der Waals surface area contributed by atoms with Crippen LogP contribution in [0.5, 0.6) is 0 Å². The van der Waals surface area contributed by atoms with E-state index in [0.29, 0.717) is 11.9 Å². The van der Waals surface area contributed by atoms with Crippen molar-refractivity contribution in [3.8, 4) is 6.07 Å². The largest absolute Gasteiger partial charge is 0.313 e. The zero-order valence-electron chi connectivity index (χ0n) is 8.35. The number of hydrogen-bond donors (Lipinski definition) is 0. The summed E-state index contributed by atoms with van der Waals surface area (Å²) in [4.78, 5) is 2.71. The third-order valence-corrected chi connectivity index (χ3v) is 3.44. The van der Waals surface area contributed by atoms with Gasteiger partial charge >= 0.3 is 0 Å². The van der Waals surface area contributed by atoms with Gasteiger partial charge in [-0.25, -0.2) is 4.39 Å². The second kappa shape index (κ2) is 3.49. The van der Waals surface area contributed by atoms with Gasteiger partial charge in [0.15, 0.2) is 0 Å². The van der Waals surface area contributed by atoms with Gasteiger partial charge in [-0.15, -0.1) is 0 Å². The molecule has 80 valence electrons. The fraction of sp³-hybridized carbons (Fsp3) is 0.273.